The van der Waals surface area contributed by atoms with Crippen LogP contribution in [0, 0.1) is 6.92 Å². The van der Waals surface area contributed by atoms with Crippen molar-refractivity contribution in [3.05, 3.63) is 46.2 Å². The molecule has 1 N–H and O–H groups in total. The summed E-state index contributed by atoms with van der Waals surface area (Å²) in [5, 5.41) is 14.2. The van der Waals surface area contributed by atoms with Crippen LogP contribution in [0.1, 0.15) is 41.4 Å². The van der Waals surface area contributed by atoms with Gasteiger partial charge < -0.3 is 5.11 Å². The Bertz CT molecular complexity index is 632. The fraction of sp³-hybridized carbons (Fsp3) is 0.286. The predicted molar refractivity (Wildman–Crippen MR) is 74.4 cm³/mol. The number of aromatic nitrogens is 2. The Kier molecular flexibility index (Phi) is 3.62. The second-order valence-electron chi connectivity index (χ2n) is 4.77. The van der Waals surface area contributed by atoms with Gasteiger partial charge in [0.25, 0.3) is 0 Å². The van der Waals surface area contributed by atoms with Crippen molar-refractivity contribution in [3.63, 3.8) is 0 Å². The van der Waals surface area contributed by atoms with Gasteiger partial charge in [-0.3, -0.25) is 0 Å². The van der Waals surface area contributed by atoms with Gasteiger partial charge in [0.15, 0.2) is 0 Å². The van der Waals surface area contributed by atoms with Crippen molar-refractivity contribution in [2.45, 2.75) is 26.7 Å². The van der Waals surface area contributed by atoms with Gasteiger partial charge in [-0.2, -0.15) is 5.10 Å². The zero-order chi connectivity index (χ0) is 14.2. The quantitative estimate of drug-likeness (QED) is 0.932. The normalized spacial score (nSPS) is 11.0. The maximum absolute atomic E-state index is 11.2. The van der Waals surface area contributed by atoms with Crippen molar-refractivity contribution in [1.82, 2.24) is 9.78 Å². The lowest BCUT2D eigenvalue weighted by atomic mass is 10.1. The second kappa shape index (κ2) is 5.05. The summed E-state index contributed by atoms with van der Waals surface area (Å²) in [4.78, 5) is 11.2. The average molecular weight is 279 g/mol. The number of aryl methyl sites for hydroxylation is 1. The third-order valence-corrected chi connectivity index (χ3v) is 3.35. The zero-order valence-electron chi connectivity index (χ0n) is 11.0. The number of carbonyl (C=O) groups is 1. The lowest BCUT2D eigenvalue weighted by molar-refractivity contribution is 0.0695. The van der Waals surface area contributed by atoms with E-state index in [0.29, 0.717) is 10.7 Å². The molecule has 19 heavy (non-hydrogen) atoms. The summed E-state index contributed by atoms with van der Waals surface area (Å²) < 4.78 is 1.56. The Morgan fingerprint density at radius 1 is 1.42 bits per heavy atom. The van der Waals surface area contributed by atoms with Crippen molar-refractivity contribution < 1.29 is 9.90 Å². The van der Waals surface area contributed by atoms with Crippen molar-refractivity contribution in [2.75, 3.05) is 0 Å². The van der Waals surface area contributed by atoms with Crippen molar-refractivity contribution in [2.24, 2.45) is 0 Å². The zero-order valence-corrected chi connectivity index (χ0v) is 11.8. The van der Waals surface area contributed by atoms with E-state index in [1.54, 1.807) is 10.7 Å². The molecule has 0 fully saturated rings. The third kappa shape index (κ3) is 2.63. The van der Waals surface area contributed by atoms with Gasteiger partial charge in [-0.15, -0.1) is 0 Å². The highest BCUT2D eigenvalue weighted by Gasteiger charge is 2.18. The minimum atomic E-state index is -0.965. The van der Waals surface area contributed by atoms with E-state index < -0.39 is 5.97 Å². The van der Waals surface area contributed by atoms with Crippen LogP contribution in [0.2, 0.25) is 5.02 Å². The van der Waals surface area contributed by atoms with Gasteiger partial charge in [0.2, 0.25) is 0 Å². The van der Waals surface area contributed by atoms with Gasteiger partial charge in [0.05, 0.1) is 11.4 Å². The number of benzene rings is 1. The lowest BCUT2D eigenvalue weighted by Gasteiger charge is -2.04. The largest absolute Gasteiger partial charge is 0.478 e. The fourth-order valence-corrected chi connectivity index (χ4v) is 2.01. The average Bonchev–Trinajstić information content (AvgIpc) is 2.78. The van der Waals surface area contributed by atoms with E-state index in [-0.39, 0.29) is 11.5 Å². The molecule has 0 atom stereocenters. The van der Waals surface area contributed by atoms with E-state index in [4.69, 9.17) is 11.6 Å². The maximum atomic E-state index is 11.2. The maximum Gasteiger partial charge on any atom is 0.339 e. The highest BCUT2D eigenvalue weighted by molar-refractivity contribution is 6.31. The molecule has 0 aliphatic rings. The van der Waals surface area contributed by atoms with Gasteiger partial charge in [-0.05, 0) is 30.5 Å². The number of carboxylic acid groups (broad SMARTS) is 1. The van der Waals surface area contributed by atoms with Crippen LogP contribution in [0.3, 0.4) is 0 Å². The van der Waals surface area contributed by atoms with E-state index in [2.05, 4.69) is 5.10 Å². The van der Waals surface area contributed by atoms with Gasteiger partial charge in [0, 0.05) is 11.2 Å². The summed E-state index contributed by atoms with van der Waals surface area (Å²) in [6.45, 7) is 5.75. The molecule has 0 amide bonds. The summed E-state index contributed by atoms with van der Waals surface area (Å²) in [6, 6.07) is 5.53. The fourth-order valence-electron chi connectivity index (χ4n) is 1.84. The number of hydrogen-bond donors (Lipinski definition) is 1. The van der Waals surface area contributed by atoms with Gasteiger partial charge in [0.1, 0.15) is 5.56 Å². The first-order chi connectivity index (χ1) is 8.90. The molecule has 0 saturated heterocycles. The summed E-state index contributed by atoms with van der Waals surface area (Å²) in [5.74, 6) is -0.915. The molecule has 0 aliphatic carbocycles. The van der Waals surface area contributed by atoms with Gasteiger partial charge in [-0.1, -0.05) is 31.5 Å². The van der Waals surface area contributed by atoms with Crippen LogP contribution in [-0.2, 0) is 0 Å². The molecule has 2 rings (SSSR count). The molecule has 1 heterocycles. The van der Waals surface area contributed by atoms with Crippen molar-refractivity contribution >= 4 is 17.6 Å². The van der Waals surface area contributed by atoms with E-state index in [1.165, 1.54) is 6.20 Å². The van der Waals surface area contributed by atoms with Crippen molar-refractivity contribution in [1.29, 1.82) is 0 Å². The van der Waals surface area contributed by atoms with Crippen LogP contribution < -0.4 is 0 Å². The molecule has 0 spiro atoms. The first-order valence-corrected chi connectivity index (χ1v) is 6.37. The first-order valence-electron chi connectivity index (χ1n) is 5.99. The topological polar surface area (TPSA) is 55.1 Å². The summed E-state index contributed by atoms with van der Waals surface area (Å²) in [6.07, 6.45) is 1.53. The molecule has 100 valence electrons. The minimum absolute atomic E-state index is 0.0493. The Morgan fingerprint density at radius 3 is 2.58 bits per heavy atom. The second-order valence-corrected chi connectivity index (χ2v) is 5.17. The molecule has 0 bridgehead atoms. The summed E-state index contributed by atoms with van der Waals surface area (Å²) in [7, 11) is 0. The highest BCUT2D eigenvalue weighted by atomic mass is 35.5. The number of halogens is 1. The molecular weight excluding hydrogens is 264 g/mol. The Balaban J connectivity index is 2.54. The van der Waals surface area contributed by atoms with Crippen LogP contribution in [-0.4, -0.2) is 20.9 Å². The molecule has 1 aromatic heterocycles. The molecule has 2 aromatic rings. The monoisotopic (exact) mass is 278 g/mol. The highest BCUT2D eigenvalue weighted by Crippen LogP contribution is 2.23. The summed E-state index contributed by atoms with van der Waals surface area (Å²) in [5.41, 5.74) is 2.53. The molecule has 5 heteroatoms. The molecule has 0 radical (unpaired) electrons. The Hall–Kier alpha value is -1.81. The minimum Gasteiger partial charge on any atom is -0.478 e. The lowest BCUT2D eigenvalue weighted by Crippen LogP contribution is -2.01. The van der Waals surface area contributed by atoms with E-state index in [0.717, 1.165) is 11.3 Å². The molecule has 4 nitrogen and oxygen atoms in total. The molecule has 0 aliphatic heterocycles. The van der Waals surface area contributed by atoms with Crippen LogP contribution in [0.15, 0.2) is 24.4 Å². The van der Waals surface area contributed by atoms with E-state index in [9.17, 15) is 9.90 Å². The van der Waals surface area contributed by atoms with Crippen molar-refractivity contribution in [3.8, 4) is 5.69 Å². The van der Waals surface area contributed by atoms with Gasteiger partial charge >= 0.3 is 5.97 Å². The van der Waals surface area contributed by atoms with Gasteiger partial charge in [-0.25, -0.2) is 9.48 Å². The SMILES string of the molecule is Cc1ccc(-n2cc(C(=O)O)c(C(C)C)n2)cc1Cl. The number of rotatable bonds is 3. The Labute approximate surface area is 116 Å². The number of nitrogens with zero attached hydrogens (tertiary/aromatic N) is 2. The van der Waals surface area contributed by atoms with Crippen LogP contribution in [0.25, 0.3) is 5.69 Å². The number of aromatic carboxylic acids is 1. The van der Waals surface area contributed by atoms with E-state index in [1.807, 2.05) is 32.9 Å². The molecule has 1 aromatic carbocycles. The van der Waals surface area contributed by atoms with Crippen LogP contribution in [0.5, 0.6) is 0 Å². The third-order valence-electron chi connectivity index (χ3n) is 2.94. The molecule has 0 saturated carbocycles. The Morgan fingerprint density at radius 2 is 2.11 bits per heavy atom. The van der Waals surface area contributed by atoms with E-state index >= 15 is 0 Å². The summed E-state index contributed by atoms with van der Waals surface area (Å²) >= 11 is 6.08. The molecular formula is C14H15ClN2O2. The van der Waals surface area contributed by atoms with Crippen LogP contribution in [0.4, 0.5) is 0 Å². The standard InChI is InChI=1S/C14H15ClN2O2/c1-8(2)13-11(14(18)19)7-17(16-13)10-5-4-9(3)12(15)6-10/h4-8H,1-3H3,(H,18,19). The number of carboxylic acids is 1. The first kappa shape index (κ1) is 13.6. The molecule has 0 unspecified atom stereocenters. The smallest absolute Gasteiger partial charge is 0.339 e. The predicted octanol–water partition coefficient (Wildman–Crippen LogP) is 3.66. The number of hydrogen-bond acceptors (Lipinski definition) is 2. The van der Waals surface area contributed by atoms with Crippen LogP contribution >= 0.6 is 11.6 Å².